The van der Waals surface area contributed by atoms with Crippen molar-refractivity contribution in [3.05, 3.63) is 101 Å². The summed E-state index contributed by atoms with van der Waals surface area (Å²) >= 11 is 5.80. The molecule has 1 aliphatic heterocycles. The molecule has 1 aliphatic rings. The first-order valence-electron chi connectivity index (χ1n) is 17.9. The SMILES string of the molecule is CC(C)C(C(=O)C(F)(F)C(=O)NCCc1ccccc1)N1CCC[C@H]1C(=O)NC(=O)[C@@H](NC(=O)c1ccc(C(=O)NS(=O)(=O)c2ccc(Cl)cc2)cc1)C(C)C. The van der Waals surface area contributed by atoms with Crippen LogP contribution < -0.4 is 20.7 Å². The molecule has 4 rings (SSSR count). The van der Waals surface area contributed by atoms with Crippen LogP contribution in [0.15, 0.2) is 83.8 Å². The lowest BCUT2D eigenvalue weighted by Crippen LogP contribution is -2.60. The van der Waals surface area contributed by atoms with Gasteiger partial charge in [-0.25, -0.2) is 13.1 Å². The molecule has 300 valence electrons. The van der Waals surface area contributed by atoms with Gasteiger partial charge in [-0.1, -0.05) is 69.6 Å². The number of imide groups is 1. The number of ketones is 1. The topological polar surface area (TPSA) is 188 Å². The van der Waals surface area contributed by atoms with E-state index in [2.05, 4.69) is 16.0 Å². The number of carbonyl (C=O) groups excluding carboxylic acids is 6. The largest absolute Gasteiger partial charge is 0.383 e. The number of sulfonamides is 1. The van der Waals surface area contributed by atoms with Crippen LogP contribution in [-0.4, -0.2) is 85.8 Å². The summed E-state index contributed by atoms with van der Waals surface area (Å²) in [7, 11) is -4.22. The molecule has 4 N–H and O–H groups in total. The molecule has 3 atom stereocenters. The highest BCUT2D eigenvalue weighted by molar-refractivity contribution is 7.90. The van der Waals surface area contributed by atoms with Gasteiger partial charge in [-0.15, -0.1) is 0 Å². The number of hydrogen-bond donors (Lipinski definition) is 4. The highest BCUT2D eigenvalue weighted by atomic mass is 35.5. The molecule has 1 fully saturated rings. The lowest BCUT2D eigenvalue weighted by Gasteiger charge is -2.35. The fourth-order valence-electron chi connectivity index (χ4n) is 6.28. The predicted octanol–water partition coefficient (Wildman–Crippen LogP) is 3.91. The van der Waals surface area contributed by atoms with Crippen molar-refractivity contribution in [2.75, 3.05) is 13.1 Å². The third kappa shape index (κ3) is 10.8. The quantitative estimate of drug-likeness (QED) is 0.156. The van der Waals surface area contributed by atoms with Crippen LogP contribution in [0.25, 0.3) is 0 Å². The maximum atomic E-state index is 15.4. The molecular weight excluding hydrogens is 772 g/mol. The summed E-state index contributed by atoms with van der Waals surface area (Å²) in [5.41, 5.74) is 0.742. The summed E-state index contributed by atoms with van der Waals surface area (Å²) < 4.78 is 57.9. The Morgan fingerprint density at radius 1 is 0.839 bits per heavy atom. The molecule has 1 heterocycles. The van der Waals surface area contributed by atoms with Gasteiger partial charge in [0.2, 0.25) is 17.6 Å². The van der Waals surface area contributed by atoms with Crippen molar-refractivity contribution in [3.8, 4) is 0 Å². The number of hydrogen-bond acceptors (Lipinski definition) is 9. The minimum absolute atomic E-state index is 0.0113. The highest BCUT2D eigenvalue weighted by Gasteiger charge is 2.54. The van der Waals surface area contributed by atoms with E-state index in [1.54, 1.807) is 44.2 Å². The van der Waals surface area contributed by atoms with Crippen LogP contribution in [-0.2, 0) is 35.6 Å². The molecule has 3 aromatic rings. The van der Waals surface area contributed by atoms with Crippen molar-refractivity contribution in [2.45, 2.75) is 75.9 Å². The second-order valence-corrected chi connectivity index (χ2v) is 16.1. The first kappa shape index (κ1) is 43.7. The number of carbonyl (C=O) groups is 6. The summed E-state index contributed by atoms with van der Waals surface area (Å²) in [5, 5.41) is 7.26. The van der Waals surface area contributed by atoms with E-state index in [9.17, 15) is 37.2 Å². The number of amides is 5. The van der Waals surface area contributed by atoms with E-state index in [0.29, 0.717) is 11.4 Å². The highest BCUT2D eigenvalue weighted by Crippen LogP contribution is 2.30. The molecule has 1 unspecified atom stereocenters. The molecule has 5 amide bonds. The van der Waals surface area contributed by atoms with E-state index in [-0.39, 0.29) is 42.0 Å². The van der Waals surface area contributed by atoms with Gasteiger partial charge in [-0.05, 0) is 91.7 Å². The van der Waals surface area contributed by atoms with Crippen LogP contribution in [0.2, 0.25) is 5.02 Å². The number of alkyl halides is 2. The van der Waals surface area contributed by atoms with Gasteiger partial charge in [0.15, 0.2) is 0 Å². The van der Waals surface area contributed by atoms with Gasteiger partial charge in [-0.2, -0.15) is 8.78 Å². The molecule has 17 heteroatoms. The maximum absolute atomic E-state index is 15.4. The van der Waals surface area contributed by atoms with Crippen LogP contribution in [0.4, 0.5) is 8.78 Å². The lowest BCUT2D eigenvalue weighted by molar-refractivity contribution is -0.163. The summed E-state index contributed by atoms with van der Waals surface area (Å²) in [4.78, 5) is 79.8. The van der Waals surface area contributed by atoms with Crippen molar-refractivity contribution in [1.82, 2.24) is 25.6 Å². The fraction of sp³-hybridized carbons (Fsp3) is 0.385. The van der Waals surface area contributed by atoms with Crippen molar-refractivity contribution >= 4 is 56.9 Å². The normalized spacial score (nSPS) is 15.8. The first-order valence-corrected chi connectivity index (χ1v) is 19.8. The Bertz CT molecular complexity index is 2030. The standard InChI is InChI=1S/C39H44ClF2N5O8S/c1-23(2)31(44-34(49)26-12-14-27(15-13-26)35(50)46-56(54,55)29-18-16-28(40)17-19-29)37(52)45-36(51)30-11-8-22-47(30)32(24(3)4)33(48)39(41,42)38(53)43-21-20-25-9-6-5-7-10-25/h5-7,9-10,12-19,23-24,30-32H,8,11,20-22H2,1-4H3,(H,43,53)(H,44,49)(H,46,50)(H,45,51,52)/t30-,31-,32?/m0/s1. The van der Waals surface area contributed by atoms with E-state index in [0.717, 1.165) is 5.56 Å². The van der Waals surface area contributed by atoms with E-state index < -0.39 is 81.2 Å². The number of likely N-dealkylation sites (tertiary alicyclic amines) is 1. The molecule has 3 aromatic carbocycles. The van der Waals surface area contributed by atoms with Gasteiger partial charge < -0.3 is 10.6 Å². The average Bonchev–Trinajstić information content (AvgIpc) is 3.63. The van der Waals surface area contributed by atoms with Gasteiger partial charge in [0, 0.05) is 22.7 Å². The third-order valence-corrected chi connectivity index (χ3v) is 10.8. The minimum Gasteiger partial charge on any atom is -0.350 e. The zero-order chi connectivity index (χ0) is 41.4. The van der Waals surface area contributed by atoms with Crippen molar-refractivity contribution in [1.29, 1.82) is 0 Å². The van der Waals surface area contributed by atoms with Gasteiger partial charge in [-0.3, -0.25) is 39.0 Å². The number of nitrogens with one attached hydrogen (secondary N) is 4. The number of rotatable bonds is 16. The van der Waals surface area contributed by atoms with E-state index in [4.69, 9.17) is 11.6 Å². The maximum Gasteiger partial charge on any atom is 0.383 e. The Morgan fingerprint density at radius 3 is 2.00 bits per heavy atom. The summed E-state index contributed by atoms with van der Waals surface area (Å²) in [6.45, 7) is 6.24. The van der Waals surface area contributed by atoms with Crippen LogP contribution in [0.3, 0.4) is 0 Å². The van der Waals surface area contributed by atoms with Gasteiger partial charge >= 0.3 is 5.92 Å². The smallest absolute Gasteiger partial charge is 0.350 e. The molecule has 13 nitrogen and oxygen atoms in total. The second kappa shape index (κ2) is 18.7. The molecular formula is C39H44ClF2N5O8S. The monoisotopic (exact) mass is 815 g/mol. The Labute approximate surface area is 329 Å². The number of nitrogens with zero attached hydrogens (tertiary/aromatic N) is 1. The number of halogens is 3. The zero-order valence-corrected chi connectivity index (χ0v) is 32.8. The predicted molar refractivity (Wildman–Crippen MR) is 203 cm³/mol. The molecule has 0 aliphatic carbocycles. The van der Waals surface area contributed by atoms with Crippen LogP contribution >= 0.6 is 11.6 Å². The Kier molecular flexibility index (Phi) is 14.6. The molecule has 0 spiro atoms. The van der Waals surface area contributed by atoms with Gasteiger partial charge in [0.1, 0.15) is 6.04 Å². The minimum atomic E-state index is -4.39. The molecule has 1 saturated heterocycles. The number of Topliss-reactive ketones (excluding diaryl/α,β-unsaturated/α-hetero) is 1. The van der Waals surface area contributed by atoms with E-state index in [1.807, 2.05) is 4.72 Å². The molecule has 0 aromatic heterocycles. The van der Waals surface area contributed by atoms with Crippen LogP contribution in [0.5, 0.6) is 0 Å². The molecule has 0 bridgehead atoms. The zero-order valence-electron chi connectivity index (χ0n) is 31.2. The first-order chi connectivity index (χ1) is 26.3. The fourth-order valence-corrected chi connectivity index (χ4v) is 7.38. The van der Waals surface area contributed by atoms with Crippen LogP contribution in [0, 0.1) is 11.8 Å². The average molecular weight is 816 g/mol. The van der Waals surface area contributed by atoms with E-state index in [1.165, 1.54) is 67.3 Å². The summed E-state index contributed by atoms with van der Waals surface area (Å²) in [6, 6.07) is 15.0. The van der Waals surface area contributed by atoms with Crippen molar-refractivity contribution in [2.24, 2.45) is 11.8 Å². The van der Waals surface area contributed by atoms with Crippen molar-refractivity contribution < 1.29 is 46.0 Å². The second-order valence-electron chi connectivity index (χ2n) is 14.0. The molecule has 0 radical (unpaired) electrons. The van der Waals surface area contributed by atoms with E-state index >= 15 is 8.78 Å². The Hall–Kier alpha value is -5.06. The lowest BCUT2D eigenvalue weighted by atomic mass is 9.93. The summed E-state index contributed by atoms with van der Waals surface area (Å²) in [5.74, 6) is -12.5. The van der Waals surface area contributed by atoms with Gasteiger partial charge in [0.25, 0.3) is 27.7 Å². The third-order valence-electron chi connectivity index (χ3n) is 9.23. The Morgan fingerprint density at radius 2 is 1.43 bits per heavy atom. The molecule has 0 saturated carbocycles. The summed E-state index contributed by atoms with van der Waals surface area (Å²) in [6.07, 6.45) is 0.767. The van der Waals surface area contributed by atoms with Crippen molar-refractivity contribution in [3.63, 3.8) is 0 Å². The Balaban J connectivity index is 1.38. The van der Waals surface area contributed by atoms with Crippen LogP contribution in [0.1, 0.15) is 66.8 Å². The molecule has 56 heavy (non-hydrogen) atoms. The number of benzene rings is 3. The van der Waals surface area contributed by atoms with Gasteiger partial charge in [0.05, 0.1) is 17.0 Å².